The standard InChI is InChI=1S/C24H29FN4O2/c25-21-6-8-23(9-7-21)31-19-22(30)17-27-12-14-28(15-13-27)18-24-26-10-11-29(24)16-20-4-2-1-3-5-20/h1-11,22,30H,12-19H2. The van der Waals surface area contributed by atoms with Gasteiger partial charge in [0.25, 0.3) is 0 Å². The van der Waals surface area contributed by atoms with Crippen molar-refractivity contribution in [2.24, 2.45) is 0 Å². The number of ether oxygens (including phenoxy) is 1. The average Bonchev–Trinajstić information content (AvgIpc) is 3.22. The zero-order valence-electron chi connectivity index (χ0n) is 17.6. The van der Waals surface area contributed by atoms with E-state index in [9.17, 15) is 9.50 Å². The van der Waals surface area contributed by atoms with Crippen LogP contribution in [0.15, 0.2) is 67.0 Å². The summed E-state index contributed by atoms with van der Waals surface area (Å²) in [5, 5.41) is 10.3. The minimum Gasteiger partial charge on any atom is -0.491 e. The Labute approximate surface area is 182 Å². The Kier molecular flexibility index (Phi) is 7.30. The first-order valence-corrected chi connectivity index (χ1v) is 10.7. The lowest BCUT2D eigenvalue weighted by atomic mass is 10.2. The number of aliphatic hydroxyl groups is 1. The van der Waals surface area contributed by atoms with Crippen molar-refractivity contribution in [3.63, 3.8) is 0 Å². The van der Waals surface area contributed by atoms with Crippen molar-refractivity contribution >= 4 is 0 Å². The second kappa shape index (κ2) is 10.5. The number of aliphatic hydroxyl groups excluding tert-OH is 1. The fourth-order valence-electron chi connectivity index (χ4n) is 3.82. The number of hydrogen-bond acceptors (Lipinski definition) is 5. The number of aromatic nitrogens is 2. The van der Waals surface area contributed by atoms with Crippen LogP contribution in [0.5, 0.6) is 5.75 Å². The maximum absolute atomic E-state index is 12.9. The first kappa shape index (κ1) is 21.5. The van der Waals surface area contributed by atoms with Gasteiger partial charge in [0.2, 0.25) is 0 Å². The smallest absolute Gasteiger partial charge is 0.123 e. The molecule has 3 aromatic rings. The molecule has 164 valence electrons. The van der Waals surface area contributed by atoms with E-state index in [4.69, 9.17) is 4.74 Å². The number of hydrogen-bond donors (Lipinski definition) is 1. The first-order valence-electron chi connectivity index (χ1n) is 10.7. The van der Waals surface area contributed by atoms with E-state index in [0.717, 1.165) is 45.1 Å². The number of rotatable bonds is 9. The molecule has 0 aliphatic carbocycles. The molecule has 0 spiro atoms. The Morgan fingerprint density at radius 3 is 2.39 bits per heavy atom. The summed E-state index contributed by atoms with van der Waals surface area (Å²) in [4.78, 5) is 9.22. The van der Waals surface area contributed by atoms with E-state index in [-0.39, 0.29) is 12.4 Å². The quantitative estimate of drug-likeness (QED) is 0.572. The SMILES string of the molecule is OC(COc1ccc(F)cc1)CN1CCN(Cc2nccn2Cc2ccccc2)CC1. The fraction of sp³-hybridized carbons (Fsp3) is 0.375. The third-order valence-corrected chi connectivity index (χ3v) is 5.55. The van der Waals surface area contributed by atoms with Gasteiger partial charge in [-0.25, -0.2) is 9.37 Å². The van der Waals surface area contributed by atoms with Gasteiger partial charge < -0.3 is 14.4 Å². The molecule has 0 saturated carbocycles. The van der Waals surface area contributed by atoms with Gasteiger partial charge in [-0.3, -0.25) is 9.80 Å². The average molecular weight is 425 g/mol. The van der Waals surface area contributed by atoms with E-state index >= 15 is 0 Å². The molecule has 1 N–H and O–H groups in total. The van der Waals surface area contributed by atoms with Crippen LogP contribution < -0.4 is 4.74 Å². The highest BCUT2D eigenvalue weighted by Gasteiger charge is 2.20. The van der Waals surface area contributed by atoms with E-state index in [2.05, 4.69) is 43.6 Å². The fourth-order valence-corrected chi connectivity index (χ4v) is 3.82. The summed E-state index contributed by atoms with van der Waals surface area (Å²) in [5.41, 5.74) is 1.27. The molecule has 0 amide bonds. The van der Waals surface area contributed by atoms with Gasteiger partial charge in [0.1, 0.15) is 30.1 Å². The molecule has 1 saturated heterocycles. The summed E-state index contributed by atoms with van der Waals surface area (Å²) >= 11 is 0. The van der Waals surface area contributed by atoms with Gasteiger partial charge in [-0.2, -0.15) is 0 Å². The van der Waals surface area contributed by atoms with Crippen LogP contribution in [0, 0.1) is 5.82 Å². The summed E-state index contributed by atoms with van der Waals surface area (Å²) < 4.78 is 20.7. The second-order valence-electron chi connectivity index (χ2n) is 7.95. The molecule has 0 bridgehead atoms. The molecule has 0 radical (unpaired) electrons. The predicted molar refractivity (Wildman–Crippen MR) is 117 cm³/mol. The minimum atomic E-state index is -0.582. The zero-order chi connectivity index (χ0) is 21.5. The lowest BCUT2D eigenvalue weighted by Gasteiger charge is -2.35. The number of halogens is 1. The zero-order valence-corrected chi connectivity index (χ0v) is 17.6. The lowest BCUT2D eigenvalue weighted by Crippen LogP contribution is -2.49. The van der Waals surface area contributed by atoms with Crippen molar-refractivity contribution in [2.75, 3.05) is 39.3 Å². The van der Waals surface area contributed by atoms with Crippen LogP contribution in [0.2, 0.25) is 0 Å². The maximum atomic E-state index is 12.9. The molecular formula is C24H29FN4O2. The van der Waals surface area contributed by atoms with E-state index in [1.165, 1.54) is 17.7 Å². The van der Waals surface area contributed by atoms with Gasteiger partial charge >= 0.3 is 0 Å². The first-order chi connectivity index (χ1) is 15.2. The number of β-amino-alcohol motifs (C(OH)–C–C–N with tert-alkyl or cyclic N) is 1. The van der Waals surface area contributed by atoms with Crippen LogP contribution in [0.1, 0.15) is 11.4 Å². The van der Waals surface area contributed by atoms with E-state index in [1.807, 2.05) is 18.5 Å². The van der Waals surface area contributed by atoms with Crippen molar-refractivity contribution in [2.45, 2.75) is 19.2 Å². The summed E-state index contributed by atoms with van der Waals surface area (Å²) in [6.07, 6.45) is 3.32. The van der Waals surface area contributed by atoms with Crippen molar-refractivity contribution in [3.8, 4) is 5.75 Å². The van der Waals surface area contributed by atoms with Crippen LogP contribution in [-0.2, 0) is 13.1 Å². The molecule has 1 unspecified atom stereocenters. The molecule has 1 aliphatic rings. The van der Waals surface area contributed by atoms with Gasteiger partial charge in [0.05, 0.1) is 6.54 Å². The molecular weight excluding hydrogens is 395 g/mol. The summed E-state index contributed by atoms with van der Waals surface area (Å²) in [7, 11) is 0. The van der Waals surface area contributed by atoms with Crippen LogP contribution >= 0.6 is 0 Å². The lowest BCUT2D eigenvalue weighted by molar-refractivity contribution is 0.0439. The third-order valence-electron chi connectivity index (χ3n) is 5.55. The molecule has 1 atom stereocenters. The van der Waals surface area contributed by atoms with Crippen LogP contribution in [-0.4, -0.2) is 69.9 Å². The summed E-state index contributed by atoms with van der Waals surface area (Å²) in [6.45, 7) is 6.08. The highest BCUT2D eigenvalue weighted by atomic mass is 19.1. The molecule has 2 aromatic carbocycles. The van der Waals surface area contributed by atoms with Crippen molar-refractivity contribution in [1.29, 1.82) is 0 Å². The molecule has 1 fully saturated rings. The molecule has 6 nitrogen and oxygen atoms in total. The van der Waals surface area contributed by atoms with E-state index < -0.39 is 6.10 Å². The second-order valence-corrected chi connectivity index (χ2v) is 7.95. The van der Waals surface area contributed by atoms with Gasteiger partial charge in [-0.1, -0.05) is 30.3 Å². The monoisotopic (exact) mass is 424 g/mol. The maximum Gasteiger partial charge on any atom is 0.123 e. The number of piperazine rings is 1. The summed E-state index contributed by atoms with van der Waals surface area (Å²) in [5.74, 6) is 1.34. The molecule has 31 heavy (non-hydrogen) atoms. The highest BCUT2D eigenvalue weighted by Crippen LogP contribution is 2.13. The van der Waals surface area contributed by atoms with Crippen molar-refractivity contribution in [3.05, 3.63) is 84.2 Å². The minimum absolute atomic E-state index is 0.197. The van der Waals surface area contributed by atoms with E-state index in [1.54, 1.807) is 12.1 Å². The van der Waals surface area contributed by atoms with Crippen LogP contribution in [0.25, 0.3) is 0 Å². The number of imidazole rings is 1. The van der Waals surface area contributed by atoms with Crippen LogP contribution in [0.4, 0.5) is 4.39 Å². The van der Waals surface area contributed by atoms with Gasteiger partial charge in [-0.05, 0) is 29.8 Å². The molecule has 1 aliphatic heterocycles. The van der Waals surface area contributed by atoms with Crippen molar-refractivity contribution < 1.29 is 14.2 Å². The normalized spacial score (nSPS) is 16.3. The Bertz CT molecular complexity index is 924. The topological polar surface area (TPSA) is 53.8 Å². The Morgan fingerprint density at radius 1 is 0.935 bits per heavy atom. The summed E-state index contributed by atoms with van der Waals surface area (Å²) in [6, 6.07) is 16.3. The number of nitrogens with zero attached hydrogens (tertiary/aromatic N) is 4. The predicted octanol–water partition coefficient (Wildman–Crippen LogP) is 2.63. The molecule has 1 aromatic heterocycles. The van der Waals surface area contributed by atoms with Gasteiger partial charge in [-0.15, -0.1) is 0 Å². The molecule has 4 rings (SSSR count). The van der Waals surface area contributed by atoms with Crippen LogP contribution in [0.3, 0.4) is 0 Å². The van der Waals surface area contributed by atoms with E-state index in [0.29, 0.717) is 12.3 Å². The Morgan fingerprint density at radius 2 is 1.65 bits per heavy atom. The number of benzene rings is 2. The van der Waals surface area contributed by atoms with Crippen molar-refractivity contribution in [1.82, 2.24) is 19.4 Å². The Balaban J connectivity index is 1.20. The largest absolute Gasteiger partial charge is 0.491 e. The highest BCUT2D eigenvalue weighted by molar-refractivity contribution is 5.22. The van der Waals surface area contributed by atoms with Gasteiger partial charge in [0, 0.05) is 51.7 Å². The molecule has 2 heterocycles. The van der Waals surface area contributed by atoms with Gasteiger partial charge in [0.15, 0.2) is 0 Å². The molecule has 7 heteroatoms. The third kappa shape index (κ3) is 6.37. The Hall–Kier alpha value is -2.74.